The third kappa shape index (κ3) is 2.16. The second-order valence-corrected chi connectivity index (χ2v) is 5.56. The summed E-state index contributed by atoms with van der Waals surface area (Å²) in [6.07, 6.45) is 5.81. The Balaban J connectivity index is 1.76. The van der Waals surface area contributed by atoms with Crippen LogP contribution in [0.25, 0.3) is 17.1 Å². The van der Waals surface area contributed by atoms with Crippen LogP contribution in [0.3, 0.4) is 0 Å². The molecule has 1 saturated carbocycles. The van der Waals surface area contributed by atoms with Gasteiger partial charge < -0.3 is 9.73 Å². The summed E-state index contributed by atoms with van der Waals surface area (Å²) >= 11 is 0. The number of rotatable bonds is 3. The smallest absolute Gasteiger partial charge is 0.325 e. The Bertz CT molecular complexity index is 800. The number of fused-ring (bicyclic) bond motifs is 1. The van der Waals surface area contributed by atoms with Gasteiger partial charge in [-0.1, -0.05) is 43.2 Å². The molecule has 112 valence electrons. The number of nitrogens with one attached hydrogen (secondary N) is 1. The first-order valence-corrected chi connectivity index (χ1v) is 7.52. The van der Waals surface area contributed by atoms with Gasteiger partial charge in [0.05, 0.1) is 0 Å². The van der Waals surface area contributed by atoms with Crippen LogP contribution < -0.4 is 5.32 Å². The molecule has 0 aliphatic heterocycles. The average Bonchev–Trinajstić information content (AvgIpc) is 3.24. The highest BCUT2D eigenvalue weighted by Gasteiger charge is 2.26. The first-order chi connectivity index (χ1) is 10.8. The number of carbonyl (C=O) groups is 1. The zero-order valence-corrected chi connectivity index (χ0v) is 12.0. The SMILES string of the molecule is O=C(NC1CCCC1)c1oc2ncnn2c1-c1ccccc1. The molecule has 2 heterocycles. The molecule has 6 heteroatoms. The number of hydrogen-bond donors (Lipinski definition) is 1. The van der Waals surface area contributed by atoms with Crippen molar-refractivity contribution in [2.24, 2.45) is 0 Å². The van der Waals surface area contributed by atoms with Crippen LogP contribution in [0.2, 0.25) is 0 Å². The van der Waals surface area contributed by atoms with E-state index >= 15 is 0 Å². The lowest BCUT2D eigenvalue weighted by Crippen LogP contribution is -2.32. The van der Waals surface area contributed by atoms with Gasteiger partial charge in [-0.2, -0.15) is 14.6 Å². The fourth-order valence-electron chi connectivity index (χ4n) is 3.01. The highest BCUT2D eigenvalue weighted by molar-refractivity contribution is 5.98. The van der Waals surface area contributed by atoms with Gasteiger partial charge in [-0.25, -0.2) is 0 Å². The van der Waals surface area contributed by atoms with Gasteiger partial charge in [0.1, 0.15) is 12.0 Å². The number of aromatic nitrogens is 3. The minimum absolute atomic E-state index is 0.196. The number of hydrogen-bond acceptors (Lipinski definition) is 4. The van der Waals surface area contributed by atoms with Gasteiger partial charge in [0.25, 0.3) is 5.91 Å². The van der Waals surface area contributed by atoms with Crippen LogP contribution in [0, 0.1) is 0 Å². The van der Waals surface area contributed by atoms with Crippen molar-refractivity contribution in [3.8, 4) is 11.3 Å². The first-order valence-electron chi connectivity index (χ1n) is 7.52. The van der Waals surface area contributed by atoms with E-state index in [9.17, 15) is 4.79 Å². The summed E-state index contributed by atoms with van der Waals surface area (Å²) < 4.78 is 7.21. The number of nitrogens with zero attached hydrogens (tertiary/aromatic N) is 3. The Morgan fingerprint density at radius 1 is 1.23 bits per heavy atom. The van der Waals surface area contributed by atoms with E-state index < -0.39 is 0 Å². The van der Waals surface area contributed by atoms with Crippen LogP contribution >= 0.6 is 0 Å². The van der Waals surface area contributed by atoms with Crippen molar-refractivity contribution in [1.82, 2.24) is 19.9 Å². The van der Waals surface area contributed by atoms with Gasteiger partial charge in [-0.3, -0.25) is 4.79 Å². The molecule has 1 N–H and O–H groups in total. The molecule has 0 unspecified atom stereocenters. The lowest BCUT2D eigenvalue weighted by molar-refractivity contribution is 0.0912. The molecule has 0 radical (unpaired) electrons. The minimum atomic E-state index is -0.196. The van der Waals surface area contributed by atoms with E-state index in [4.69, 9.17) is 4.42 Å². The summed E-state index contributed by atoms with van der Waals surface area (Å²) in [5, 5.41) is 7.22. The molecule has 1 fully saturated rings. The van der Waals surface area contributed by atoms with Gasteiger partial charge in [-0.15, -0.1) is 0 Å². The monoisotopic (exact) mass is 296 g/mol. The average molecular weight is 296 g/mol. The molecule has 22 heavy (non-hydrogen) atoms. The second-order valence-electron chi connectivity index (χ2n) is 5.56. The maximum atomic E-state index is 12.6. The van der Waals surface area contributed by atoms with Crippen molar-refractivity contribution in [1.29, 1.82) is 0 Å². The van der Waals surface area contributed by atoms with Crippen molar-refractivity contribution >= 4 is 11.8 Å². The standard InChI is InChI=1S/C16H16N4O2/c21-15(19-12-8-4-5-9-12)14-13(11-6-2-1-3-7-11)20-16(22-14)17-10-18-20/h1-3,6-7,10,12H,4-5,8-9H2,(H,19,21). The van der Waals surface area contributed by atoms with E-state index in [2.05, 4.69) is 15.4 Å². The third-order valence-electron chi connectivity index (χ3n) is 4.08. The molecule has 0 bridgehead atoms. The van der Waals surface area contributed by atoms with E-state index in [0.717, 1.165) is 18.4 Å². The summed E-state index contributed by atoms with van der Waals surface area (Å²) in [6, 6.07) is 9.87. The normalized spacial score (nSPS) is 15.5. The van der Waals surface area contributed by atoms with Gasteiger partial charge >= 0.3 is 5.84 Å². The Kier molecular flexibility index (Phi) is 3.14. The number of amides is 1. The largest absolute Gasteiger partial charge is 0.416 e. The summed E-state index contributed by atoms with van der Waals surface area (Å²) in [5.74, 6) is 0.405. The Labute approximate surface area is 127 Å². The predicted octanol–water partition coefficient (Wildman–Crippen LogP) is 2.66. The van der Waals surface area contributed by atoms with Crippen molar-refractivity contribution in [2.45, 2.75) is 31.7 Å². The molecule has 1 aliphatic carbocycles. The van der Waals surface area contributed by atoms with Gasteiger partial charge in [-0.05, 0) is 12.8 Å². The molecule has 1 amide bonds. The van der Waals surface area contributed by atoms with Gasteiger partial charge in [0, 0.05) is 11.6 Å². The van der Waals surface area contributed by atoms with Crippen molar-refractivity contribution in [3.63, 3.8) is 0 Å². The summed E-state index contributed by atoms with van der Waals surface area (Å²) in [6.45, 7) is 0. The predicted molar refractivity (Wildman–Crippen MR) is 80.4 cm³/mol. The molecule has 1 aliphatic rings. The van der Waals surface area contributed by atoms with E-state index in [0.29, 0.717) is 11.5 Å². The van der Waals surface area contributed by atoms with Crippen LogP contribution in [0.4, 0.5) is 0 Å². The quantitative estimate of drug-likeness (QED) is 0.806. The third-order valence-corrected chi connectivity index (χ3v) is 4.08. The molecule has 4 rings (SSSR count). The summed E-state index contributed by atoms with van der Waals surface area (Å²) in [4.78, 5) is 16.6. The molecule has 2 aromatic heterocycles. The lowest BCUT2D eigenvalue weighted by atomic mass is 10.1. The Morgan fingerprint density at radius 2 is 2.00 bits per heavy atom. The van der Waals surface area contributed by atoms with Crippen LogP contribution in [0.5, 0.6) is 0 Å². The Morgan fingerprint density at radius 3 is 2.77 bits per heavy atom. The van der Waals surface area contributed by atoms with E-state index in [1.807, 2.05) is 30.3 Å². The van der Waals surface area contributed by atoms with Crippen LogP contribution in [-0.2, 0) is 0 Å². The maximum absolute atomic E-state index is 12.6. The molecule has 6 nitrogen and oxygen atoms in total. The number of carbonyl (C=O) groups excluding carboxylic acids is 1. The highest BCUT2D eigenvalue weighted by atomic mass is 16.4. The van der Waals surface area contributed by atoms with Crippen molar-refractivity contribution in [3.05, 3.63) is 42.4 Å². The zero-order valence-electron chi connectivity index (χ0n) is 12.0. The van der Waals surface area contributed by atoms with E-state index in [-0.39, 0.29) is 17.7 Å². The fourth-order valence-corrected chi connectivity index (χ4v) is 3.01. The van der Waals surface area contributed by atoms with Crippen LogP contribution in [0.1, 0.15) is 36.2 Å². The molecule has 0 spiro atoms. The summed E-state index contributed by atoms with van der Waals surface area (Å²) in [7, 11) is 0. The number of oxazole rings is 1. The zero-order chi connectivity index (χ0) is 14.9. The lowest BCUT2D eigenvalue weighted by Gasteiger charge is -2.11. The van der Waals surface area contributed by atoms with E-state index in [1.165, 1.54) is 19.2 Å². The molecule has 1 aromatic carbocycles. The van der Waals surface area contributed by atoms with Gasteiger partial charge in [0.15, 0.2) is 0 Å². The van der Waals surface area contributed by atoms with Crippen molar-refractivity contribution < 1.29 is 9.21 Å². The molecule has 0 saturated heterocycles. The van der Waals surface area contributed by atoms with Crippen molar-refractivity contribution in [2.75, 3.05) is 0 Å². The minimum Gasteiger partial charge on any atom is -0.416 e. The molecule has 0 atom stereocenters. The topological polar surface area (TPSA) is 72.4 Å². The molecular formula is C16H16N4O2. The van der Waals surface area contributed by atoms with E-state index in [1.54, 1.807) is 4.52 Å². The number of benzene rings is 1. The fraction of sp³-hybridized carbons (Fsp3) is 0.312. The Hall–Kier alpha value is -2.63. The van der Waals surface area contributed by atoms with Crippen LogP contribution in [-0.4, -0.2) is 26.5 Å². The maximum Gasteiger partial charge on any atom is 0.325 e. The molecule has 3 aromatic rings. The van der Waals surface area contributed by atoms with Gasteiger partial charge in [0.2, 0.25) is 5.76 Å². The molecular weight excluding hydrogens is 280 g/mol. The second kappa shape index (κ2) is 5.29. The first kappa shape index (κ1) is 13.1. The van der Waals surface area contributed by atoms with Crippen LogP contribution in [0.15, 0.2) is 41.1 Å². The summed E-state index contributed by atoms with van der Waals surface area (Å²) in [5.41, 5.74) is 1.52. The highest BCUT2D eigenvalue weighted by Crippen LogP contribution is 2.27.